The lowest BCUT2D eigenvalue weighted by Gasteiger charge is -2.05. The Balaban J connectivity index is 1.31. The Morgan fingerprint density at radius 1 is 0.929 bits per heavy atom. The molecule has 0 aliphatic heterocycles. The zero-order chi connectivity index (χ0) is 19.2. The van der Waals surface area contributed by atoms with E-state index in [-0.39, 0.29) is 5.91 Å². The molecule has 2 aromatic carbocycles. The second-order valence-electron chi connectivity index (χ2n) is 6.22. The van der Waals surface area contributed by atoms with E-state index in [4.69, 9.17) is 0 Å². The first-order valence-electron chi connectivity index (χ1n) is 8.93. The fourth-order valence-electron chi connectivity index (χ4n) is 2.75. The summed E-state index contributed by atoms with van der Waals surface area (Å²) in [4.78, 5) is 12.1. The lowest BCUT2D eigenvalue weighted by Crippen LogP contribution is -2.20. The predicted molar refractivity (Wildman–Crippen MR) is 108 cm³/mol. The summed E-state index contributed by atoms with van der Waals surface area (Å²) in [5.74, 6) is -0.149. The van der Waals surface area contributed by atoms with E-state index >= 15 is 0 Å². The Kier molecular flexibility index (Phi) is 5.11. The zero-order valence-corrected chi connectivity index (χ0v) is 15.1. The molecule has 4 rings (SSSR count). The first-order chi connectivity index (χ1) is 13.8. The van der Waals surface area contributed by atoms with Crippen LogP contribution in [0, 0.1) is 0 Å². The number of hydrogen-bond acceptors (Lipinski definition) is 3. The number of nitrogens with zero attached hydrogens (tertiary/aromatic N) is 4. The maximum absolute atomic E-state index is 12.1. The first kappa shape index (κ1) is 17.5. The lowest BCUT2D eigenvalue weighted by atomic mass is 10.2. The van der Waals surface area contributed by atoms with Crippen molar-refractivity contribution >= 4 is 12.0 Å². The molecule has 4 aromatic rings. The van der Waals surface area contributed by atoms with E-state index in [1.54, 1.807) is 27.8 Å². The maximum Gasteiger partial charge on any atom is 0.244 e. The number of benzene rings is 2. The Bertz CT molecular complexity index is 1060. The van der Waals surface area contributed by atoms with Gasteiger partial charge in [-0.2, -0.15) is 10.2 Å². The molecule has 2 aromatic heterocycles. The molecule has 1 amide bonds. The molecular weight excluding hydrogens is 350 g/mol. The van der Waals surface area contributed by atoms with Crippen LogP contribution in [0.4, 0.5) is 0 Å². The number of carbonyl (C=O) groups is 1. The molecule has 0 spiro atoms. The van der Waals surface area contributed by atoms with Gasteiger partial charge >= 0.3 is 0 Å². The molecule has 2 heterocycles. The van der Waals surface area contributed by atoms with Gasteiger partial charge in [-0.05, 0) is 42.0 Å². The van der Waals surface area contributed by atoms with Crippen molar-refractivity contribution in [3.63, 3.8) is 0 Å². The normalized spacial score (nSPS) is 11.0. The number of amides is 1. The summed E-state index contributed by atoms with van der Waals surface area (Å²) in [6, 6.07) is 19.6. The average Bonchev–Trinajstić information content (AvgIpc) is 3.44. The Labute approximate surface area is 162 Å². The van der Waals surface area contributed by atoms with Gasteiger partial charge in [-0.1, -0.05) is 30.3 Å². The third-order valence-corrected chi connectivity index (χ3v) is 4.22. The summed E-state index contributed by atoms with van der Waals surface area (Å²) in [6.07, 6.45) is 10.5. The van der Waals surface area contributed by atoms with Crippen molar-refractivity contribution in [2.75, 3.05) is 0 Å². The third kappa shape index (κ3) is 4.24. The molecule has 6 nitrogen and oxygen atoms in total. The minimum absolute atomic E-state index is 0.149. The van der Waals surface area contributed by atoms with Gasteiger partial charge in [-0.15, -0.1) is 0 Å². The van der Waals surface area contributed by atoms with Crippen molar-refractivity contribution in [3.8, 4) is 11.4 Å². The van der Waals surface area contributed by atoms with Crippen molar-refractivity contribution in [3.05, 3.63) is 103 Å². The Morgan fingerprint density at radius 3 is 2.46 bits per heavy atom. The average molecular weight is 369 g/mol. The molecular formula is C22H19N5O. The fraction of sp³-hybridized carbons (Fsp3) is 0.0455. The highest BCUT2D eigenvalue weighted by atomic mass is 16.1. The molecule has 28 heavy (non-hydrogen) atoms. The second kappa shape index (κ2) is 8.18. The summed E-state index contributed by atoms with van der Waals surface area (Å²) >= 11 is 0. The molecule has 138 valence electrons. The number of rotatable bonds is 6. The summed E-state index contributed by atoms with van der Waals surface area (Å²) in [5.41, 5.74) is 3.85. The van der Waals surface area contributed by atoms with Crippen LogP contribution in [0.25, 0.3) is 17.5 Å². The van der Waals surface area contributed by atoms with Gasteiger partial charge in [0.05, 0.1) is 17.6 Å². The van der Waals surface area contributed by atoms with Crippen LogP contribution in [-0.4, -0.2) is 25.5 Å². The van der Waals surface area contributed by atoms with Gasteiger partial charge in [-0.25, -0.2) is 9.36 Å². The van der Waals surface area contributed by atoms with E-state index in [2.05, 4.69) is 15.5 Å². The maximum atomic E-state index is 12.1. The topological polar surface area (TPSA) is 64.7 Å². The van der Waals surface area contributed by atoms with Crippen molar-refractivity contribution in [1.82, 2.24) is 24.9 Å². The van der Waals surface area contributed by atoms with Crippen LogP contribution < -0.4 is 5.32 Å². The van der Waals surface area contributed by atoms with E-state index in [0.29, 0.717) is 6.54 Å². The molecule has 0 unspecified atom stereocenters. The van der Waals surface area contributed by atoms with Gasteiger partial charge in [0.1, 0.15) is 0 Å². The van der Waals surface area contributed by atoms with E-state index in [1.807, 2.05) is 73.1 Å². The molecule has 1 N–H and O–H groups in total. The van der Waals surface area contributed by atoms with Crippen molar-refractivity contribution in [2.24, 2.45) is 0 Å². The van der Waals surface area contributed by atoms with Crippen LogP contribution in [0.1, 0.15) is 11.1 Å². The number of para-hydroxylation sites is 1. The van der Waals surface area contributed by atoms with Crippen LogP contribution in [0.5, 0.6) is 0 Å². The molecule has 0 saturated carbocycles. The largest absolute Gasteiger partial charge is 0.348 e. The van der Waals surface area contributed by atoms with E-state index < -0.39 is 0 Å². The zero-order valence-electron chi connectivity index (χ0n) is 15.1. The van der Waals surface area contributed by atoms with Gasteiger partial charge in [-0.3, -0.25) is 4.79 Å². The smallest absolute Gasteiger partial charge is 0.244 e. The van der Waals surface area contributed by atoms with E-state index in [0.717, 1.165) is 22.5 Å². The summed E-state index contributed by atoms with van der Waals surface area (Å²) in [5, 5.41) is 11.4. The highest BCUT2D eigenvalue weighted by molar-refractivity contribution is 5.91. The molecule has 0 saturated heterocycles. The van der Waals surface area contributed by atoms with Gasteiger partial charge in [0, 0.05) is 36.8 Å². The molecule has 0 aliphatic carbocycles. The SMILES string of the molecule is O=C(C=Cc1cnn(-c2ccccc2)c1)NCc1ccc(-n2cccn2)cc1. The molecule has 0 atom stereocenters. The quantitative estimate of drug-likeness (QED) is 0.530. The second-order valence-corrected chi connectivity index (χ2v) is 6.22. The van der Waals surface area contributed by atoms with Gasteiger partial charge in [0.15, 0.2) is 0 Å². The number of aromatic nitrogens is 4. The fourth-order valence-corrected chi connectivity index (χ4v) is 2.75. The van der Waals surface area contributed by atoms with Crippen LogP contribution in [0.2, 0.25) is 0 Å². The van der Waals surface area contributed by atoms with Crippen LogP contribution in [0.15, 0.2) is 91.5 Å². The highest BCUT2D eigenvalue weighted by Gasteiger charge is 2.01. The minimum atomic E-state index is -0.149. The summed E-state index contributed by atoms with van der Waals surface area (Å²) in [7, 11) is 0. The van der Waals surface area contributed by atoms with Crippen LogP contribution >= 0.6 is 0 Å². The van der Waals surface area contributed by atoms with Crippen molar-refractivity contribution < 1.29 is 4.79 Å². The number of hydrogen-bond donors (Lipinski definition) is 1. The van der Waals surface area contributed by atoms with Gasteiger partial charge in [0.25, 0.3) is 0 Å². The monoisotopic (exact) mass is 369 g/mol. The first-order valence-corrected chi connectivity index (χ1v) is 8.93. The van der Waals surface area contributed by atoms with Gasteiger partial charge in [0.2, 0.25) is 5.91 Å². The van der Waals surface area contributed by atoms with Crippen molar-refractivity contribution in [2.45, 2.75) is 6.54 Å². The predicted octanol–water partition coefficient (Wildman–Crippen LogP) is 3.39. The lowest BCUT2D eigenvalue weighted by molar-refractivity contribution is -0.116. The number of nitrogens with one attached hydrogen (secondary N) is 1. The number of carbonyl (C=O) groups excluding carboxylic acids is 1. The van der Waals surface area contributed by atoms with Gasteiger partial charge < -0.3 is 5.32 Å². The summed E-state index contributed by atoms with van der Waals surface area (Å²) < 4.78 is 3.57. The van der Waals surface area contributed by atoms with E-state index in [9.17, 15) is 4.79 Å². The van der Waals surface area contributed by atoms with Crippen molar-refractivity contribution in [1.29, 1.82) is 0 Å². The standard InChI is InChI=1S/C22H19N5O/c28-22(12-9-19-16-25-27(17-19)20-5-2-1-3-6-20)23-15-18-7-10-21(11-8-18)26-14-4-13-24-26/h1-14,16-17H,15H2,(H,23,28). The Hall–Kier alpha value is -3.93. The molecule has 0 aliphatic rings. The van der Waals surface area contributed by atoms with Crippen LogP contribution in [0.3, 0.4) is 0 Å². The molecule has 0 radical (unpaired) electrons. The van der Waals surface area contributed by atoms with Crippen LogP contribution in [-0.2, 0) is 11.3 Å². The minimum Gasteiger partial charge on any atom is -0.348 e. The third-order valence-electron chi connectivity index (χ3n) is 4.22. The molecule has 0 bridgehead atoms. The molecule has 6 heteroatoms. The van der Waals surface area contributed by atoms with E-state index in [1.165, 1.54) is 6.08 Å². The Morgan fingerprint density at radius 2 is 1.71 bits per heavy atom. The summed E-state index contributed by atoms with van der Waals surface area (Å²) in [6.45, 7) is 0.464. The molecule has 0 fully saturated rings. The highest BCUT2D eigenvalue weighted by Crippen LogP contribution is 2.10.